The fraction of sp³-hybridized carbons (Fsp3) is 0.125. The molecule has 3 aromatic carbocycles. The molecule has 0 radical (unpaired) electrons. The number of carbonyl (C=O) groups excluding carboxylic acids is 3. The van der Waals surface area contributed by atoms with Crippen LogP contribution in [0, 0.1) is 10.1 Å². The minimum Gasteiger partial charge on any atom is -0.496 e. The molecule has 5 rings (SSSR count). The molecule has 9 nitrogen and oxygen atoms in total. The molecule has 35 heavy (non-hydrogen) atoms. The van der Waals surface area contributed by atoms with Crippen molar-refractivity contribution in [3.63, 3.8) is 0 Å². The second-order valence-electron chi connectivity index (χ2n) is 7.91. The monoisotopic (exact) mass is 599 g/mol. The minimum absolute atomic E-state index is 0.0891. The van der Waals surface area contributed by atoms with E-state index in [0.29, 0.717) is 21.5 Å². The second-order valence-corrected chi connectivity index (χ2v) is 9.68. The molecule has 1 fully saturated rings. The van der Waals surface area contributed by atoms with E-state index < -0.39 is 40.4 Å². The molecule has 0 bridgehead atoms. The third kappa shape index (κ3) is 3.53. The number of carbonyl (C=O) groups is 3. The van der Waals surface area contributed by atoms with Crippen LogP contribution < -0.4 is 9.64 Å². The number of rotatable bonds is 5. The Morgan fingerprint density at radius 3 is 2.26 bits per heavy atom. The highest BCUT2D eigenvalue weighted by Crippen LogP contribution is 2.46. The highest BCUT2D eigenvalue weighted by atomic mass is 79.9. The molecule has 0 unspecified atom stereocenters. The average molecular weight is 601 g/mol. The van der Waals surface area contributed by atoms with Crippen molar-refractivity contribution < 1.29 is 24.0 Å². The quantitative estimate of drug-likeness (QED) is 0.179. The zero-order valence-corrected chi connectivity index (χ0v) is 21.1. The predicted octanol–water partition coefficient (Wildman–Crippen LogP) is 4.88. The molecule has 3 aromatic rings. The van der Waals surface area contributed by atoms with Gasteiger partial charge in [-0.15, -0.1) is 0 Å². The van der Waals surface area contributed by atoms with Crippen molar-refractivity contribution in [3.05, 3.63) is 96.4 Å². The first-order chi connectivity index (χ1) is 16.7. The number of ether oxygens (including phenoxy) is 1. The molecule has 176 valence electrons. The third-order valence-corrected chi connectivity index (χ3v) is 7.24. The van der Waals surface area contributed by atoms with Crippen LogP contribution in [0.4, 0.5) is 11.4 Å². The van der Waals surface area contributed by atoms with Crippen molar-refractivity contribution >= 4 is 61.0 Å². The van der Waals surface area contributed by atoms with Crippen molar-refractivity contribution in [3.8, 4) is 5.75 Å². The molecule has 1 saturated heterocycles. The molecule has 0 spiro atoms. The molecule has 0 N–H and O–H groups in total. The lowest BCUT2D eigenvalue weighted by atomic mass is 9.86. The van der Waals surface area contributed by atoms with E-state index in [0.717, 1.165) is 9.37 Å². The Balaban J connectivity index is 1.62. The Bertz CT molecular complexity index is 1430. The van der Waals surface area contributed by atoms with E-state index in [4.69, 9.17) is 4.74 Å². The summed E-state index contributed by atoms with van der Waals surface area (Å²) in [7, 11) is 1.52. The van der Waals surface area contributed by atoms with Gasteiger partial charge in [-0.25, -0.2) is 0 Å². The lowest BCUT2D eigenvalue weighted by Gasteiger charge is -2.49. The number of amides is 3. The van der Waals surface area contributed by atoms with Gasteiger partial charge in [-0.2, -0.15) is 0 Å². The zero-order valence-electron chi connectivity index (χ0n) is 18.0. The van der Waals surface area contributed by atoms with Gasteiger partial charge < -0.3 is 9.64 Å². The number of halogens is 2. The number of methoxy groups -OCH3 is 1. The molecular weight excluding hydrogens is 586 g/mol. The summed E-state index contributed by atoms with van der Waals surface area (Å²) in [4.78, 5) is 53.2. The Labute approximate surface area is 215 Å². The highest BCUT2D eigenvalue weighted by molar-refractivity contribution is 9.10. The van der Waals surface area contributed by atoms with E-state index in [1.54, 1.807) is 42.5 Å². The van der Waals surface area contributed by atoms with Crippen molar-refractivity contribution in [1.29, 1.82) is 0 Å². The summed E-state index contributed by atoms with van der Waals surface area (Å²) in [5, 5.41) is 11.5. The van der Waals surface area contributed by atoms with E-state index in [1.807, 2.05) is 0 Å². The van der Waals surface area contributed by atoms with E-state index in [2.05, 4.69) is 31.9 Å². The number of nitro benzene ring substituents is 1. The number of anilines is 1. The average Bonchev–Trinajstić information content (AvgIpc) is 3.08. The van der Waals surface area contributed by atoms with Crippen LogP contribution in [-0.4, -0.2) is 40.7 Å². The number of fused-ring (bicyclic) bond motifs is 1. The smallest absolute Gasteiger partial charge is 0.282 e. The molecule has 0 aromatic heterocycles. The van der Waals surface area contributed by atoms with Crippen LogP contribution in [0.15, 0.2) is 69.6 Å². The second kappa shape index (κ2) is 8.58. The van der Waals surface area contributed by atoms with E-state index in [1.165, 1.54) is 30.2 Å². The van der Waals surface area contributed by atoms with Crippen LogP contribution in [-0.2, 0) is 4.79 Å². The maximum atomic E-state index is 13.5. The third-order valence-electron chi connectivity index (χ3n) is 6.09. The normalized spacial score (nSPS) is 19.0. The summed E-state index contributed by atoms with van der Waals surface area (Å²) in [6, 6.07) is 14.3. The summed E-state index contributed by atoms with van der Waals surface area (Å²) in [5.74, 6) is -1.49. The van der Waals surface area contributed by atoms with Gasteiger partial charge in [-0.3, -0.25) is 29.4 Å². The molecule has 0 aliphatic carbocycles. The van der Waals surface area contributed by atoms with Crippen LogP contribution >= 0.6 is 31.9 Å². The molecular formula is C24H15Br2N3O6. The number of imide groups is 1. The Hall–Kier alpha value is -3.57. The van der Waals surface area contributed by atoms with Gasteiger partial charge in [0.2, 0.25) is 0 Å². The minimum atomic E-state index is -1.18. The van der Waals surface area contributed by atoms with Gasteiger partial charge in [-0.1, -0.05) is 28.1 Å². The maximum absolute atomic E-state index is 13.5. The van der Waals surface area contributed by atoms with Crippen molar-refractivity contribution in [1.82, 2.24) is 4.90 Å². The molecule has 2 aliphatic heterocycles. The fourth-order valence-electron chi connectivity index (χ4n) is 4.50. The lowest BCUT2D eigenvalue weighted by molar-refractivity contribution is -0.385. The van der Waals surface area contributed by atoms with Crippen LogP contribution in [0.25, 0.3) is 0 Å². The van der Waals surface area contributed by atoms with Crippen molar-refractivity contribution in [2.75, 3.05) is 12.0 Å². The van der Waals surface area contributed by atoms with Gasteiger partial charge in [-0.05, 0) is 64.0 Å². The fourth-order valence-corrected chi connectivity index (χ4v) is 5.33. The van der Waals surface area contributed by atoms with Gasteiger partial charge in [0.05, 0.1) is 28.1 Å². The SMILES string of the molecule is COc1ccc([C@@H]2[C@@H](N3C(=O)c4cccc([N+](=O)[O-])c4C3=O)C(=O)N2c2ccc(Br)cc2)cc1Br. The first kappa shape index (κ1) is 23.2. The largest absolute Gasteiger partial charge is 0.496 e. The Morgan fingerprint density at radius 1 is 0.914 bits per heavy atom. The number of benzene rings is 3. The zero-order chi connectivity index (χ0) is 25.0. The van der Waals surface area contributed by atoms with E-state index in [-0.39, 0.29) is 11.1 Å². The first-order valence-electron chi connectivity index (χ1n) is 10.3. The van der Waals surface area contributed by atoms with Crippen LogP contribution in [0.2, 0.25) is 0 Å². The summed E-state index contributed by atoms with van der Waals surface area (Å²) in [6.07, 6.45) is 0. The molecule has 2 heterocycles. The van der Waals surface area contributed by atoms with E-state index >= 15 is 0 Å². The Morgan fingerprint density at radius 2 is 1.63 bits per heavy atom. The molecule has 2 aliphatic rings. The number of β-lactam (4-membered cyclic amide) rings is 1. The van der Waals surface area contributed by atoms with Gasteiger partial charge >= 0.3 is 0 Å². The molecule has 2 atom stereocenters. The number of hydrogen-bond acceptors (Lipinski definition) is 6. The first-order valence-corrected chi connectivity index (χ1v) is 11.9. The highest BCUT2D eigenvalue weighted by Gasteiger charge is 2.58. The maximum Gasteiger partial charge on any atom is 0.282 e. The summed E-state index contributed by atoms with van der Waals surface area (Å²) in [6.45, 7) is 0. The Kier molecular flexibility index (Phi) is 5.68. The van der Waals surface area contributed by atoms with Crippen molar-refractivity contribution in [2.24, 2.45) is 0 Å². The van der Waals surface area contributed by atoms with Crippen LogP contribution in [0.5, 0.6) is 5.75 Å². The molecule has 0 saturated carbocycles. The van der Waals surface area contributed by atoms with Crippen LogP contribution in [0.1, 0.15) is 32.3 Å². The lowest BCUT2D eigenvalue weighted by Crippen LogP contribution is -2.67. The molecule has 3 amide bonds. The number of nitro groups is 1. The number of hydrogen-bond donors (Lipinski definition) is 0. The van der Waals surface area contributed by atoms with Crippen LogP contribution in [0.3, 0.4) is 0 Å². The predicted molar refractivity (Wildman–Crippen MR) is 132 cm³/mol. The standard InChI is InChI=1S/C24H15Br2N3O6/c1-35-18-10-5-12(11-16(18)26)20-21(24(32)27(20)14-8-6-13(25)7-9-14)28-22(30)15-3-2-4-17(29(33)34)19(15)23(28)31/h2-11,20-21H,1H3/t20-,21-/m1/s1. The summed E-state index contributed by atoms with van der Waals surface area (Å²) >= 11 is 6.82. The van der Waals surface area contributed by atoms with Crippen molar-refractivity contribution in [2.45, 2.75) is 12.1 Å². The van der Waals surface area contributed by atoms with E-state index in [9.17, 15) is 24.5 Å². The van der Waals surface area contributed by atoms with Gasteiger partial charge in [0, 0.05) is 16.2 Å². The molecule has 11 heteroatoms. The summed E-state index contributed by atoms with van der Waals surface area (Å²) < 4.78 is 6.75. The summed E-state index contributed by atoms with van der Waals surface area (Å²) in [5.41, 5.74) is 0.370. The van der Waals surface area contributed by atoms with Gasteiger partial charge in [0.15, 0.2) is 0 Å². The topological polar surface area (TPSA) is 110 Å². The van der Waals surface area contributed by atoms with Gasteiger partial charge in [0.25, 0.3) is 23.4 Å². The number of nitrogens with zero attached hydrogens (tertiary/aromatic N) is 3. The van der Waals surface area contributed by atoms with Gasteiger partial charge in [0.1, 0.15) is 17.4 Å².